The number of hydrogen-bond acceptors (Lipinski definition) is 3. The Balaban J connectivity index is 2.33. The molecule has 2 nitrogen and oxygen atoms in total. The van der Waals surface area contributed by atoms with Gasteiger partial charge in [0.1, 0.15) is 0 Å². The molecule has 0 aliphatic heterocycles. The summed E-state index contributed by atoms with van der Waals surface area (Å²) in [5.41, 5.74) is 0. The van der Waals surface area contributed by atoms with Crippen LogP contribution in [0.15, 0.2) is 15.9 Å². The summed E-state index contributed by atoms with van der Waals surface area (Å²) in [7, 11) is 4.27. The van der Waals surface area contributed by atoms with Crippen LogP contribution in [0, 0.1) is 11.8 Å². The van der Waals surface area contributed by atoms with Crippen LogP contribution in [-0.2, 0) is 6.42 Å². The highest BCUT2D eigenvalue weighted by Gasteiger charge is 2.14. The zero-order valence-corrected chi connectivity index (χ0v) is 14.3. The maximum absolute atomic E-state index is 3.51. The summed E-state index contributed by atoms with van der Waals surface area (Å²) in [5.74, 6) is 1.46. The minimum Gasteiger partial charge on any atom is -0.319 e. The van der Waals surface area contributed by atoms with Crippen LogP contribution in [0.5, 0.6) is 0 Å². The van der Waals surface area contributed by atoms with Crippen LogP contribution in [0.2, 0.25) is 0 Å². The highest BCUT2D eigenvalue weighted by atomic mass is 79.9. The van der Waals surface area contributed by atoms with E-state index in [1.807, 2.05) is 18.4 Å². The molecular weight excluding hydrogens is 308 g/mol. The number of likely N-dealkylation sites (N-methyl/N-ethyl adjacent to an activating group) is 1. The van der Waals surface area contributed by atoms with Gasteiger partial charge in [-0.05, 0) is 60.9 Å². The molecule has 18 heavy (non-hydrogen) atoms. The van der Waals surface area contributed by atoms with Crippen molar-refractivity contribution in [3.8, 4) is 0 Å². The van der Waals surface area contributed by atoms with E-state index in [9.17, 15) is 0 Å². The Labute approximate surface area is 124 Å². The van der Waals surface area contributed by atoms with E-state index >= 15 is 0 Å². The number of hydrogen-bond donors (Lipinski definition) is 1. The maximum atomic E-state index is 3.51. The average Bonchev–Trinajstić information content (AvgIpc) is 2.72. The van der Waals surface area contributed by atoms with Crippen LogP contribution in [0.1, 0.15) is 18.7 Å². The normalized spacial score (nSPS) is 13.5. The van der Waals surface area contributed by atoms with E-state index in [2.05, 4.69) is 58.5 Å². The summed E-state index contributed by atoms with van der Waals surface area (Å²) in [5, 5.41) is 5.46. The van der Waals surface area contributed by atoms with E-state index in [1.165, 1.54) is 15.9 Å². The van der Waals surface area contributed by atoms with Crippen molar-refractivity contribution in [2.45, 2.75) is 20.3 Å². The molecule has 4 heteroatoms. The third kappa shape index (κ3) is 5.83. The molecule has 1 aromatic rings. The summed E-state index contributed by atoms with van der Waals surface area (Å²) in [6.45, 7) is 8.04. The standard InChI is InChI=1S/C14H25BrN2S/c1-11(2)12(8-16-3)9-17(4)6-5-14-7-13(15)10-18-14/h7,10-12,16H,5-6,8-9H2,1-4H3. The third-order valence-electron chi connectivity index (χ3n) is 3.32. The zero-order valence-electron chi connectivity index (χ0n) is 11.9. The molecular formula is C14H25BrN2S. The zero-order chi connectivity index (χ0) is 13.5. The van der Waals surface area contributed by atoms with Crippen molar-refractivity contribution in [1.29, 1.82) is 0 Å². The fraction of sp³-hybridized carbons (Fsp3) is 0.714. The maximum Gasteiger partial charge on any atom is 0.0285 e. The first-order valence-corrected chi connectivity index (χ1v) is 8.26. The molecule has 0 aromatic carbocycles. The first-order chi connectivity index (χ1) is 8.52. The van der Waals surface area contributed by atoms with Gasteiger partial charge in [0.15, 0.2) is 0 Å². The second-order valence-corrected chi connectivity index (χ2v) is 7.22. The fourth-order valence-corrected chi connectivity index (χ4v) is 3.50. The van der Waals surface area contributed by atoms with Gasteiger partial charge in [-0.1, -0.05) is 13.8 Å². The monoisotopic (exact) mass is 332 g/mol. The van der Waals surface area contributed by atoms with Gasteiger partial charge in [0.05, 0.1) is 0 Å². The molecule has 1 rings (SSSR count). The molecule has 104 valence electrons. The first kappa shape index (κ1) is 16.2. The number of thiophene rings is 1. The Morgan fingerprint density at radius 1 is 1.44 bits per heavy atom. The topological polar surface area (TPSA) is 15.3 Å². The molecule has 1 aromatic heterocycles. The molecule has 0 saturated carbocycles. The predicted molar refractivity (Wildman–Crippen MR) is 85.5 cm³/mol. The van der Waals surface area contributed by atoms with Crippen molar-refractivity contribution < 1.29 is 0 Å². The van der Waals surface area contributed by atoms with E-state index < -0.39 is 0 Å². The SMILES string of the molecule is CNCC(CN(C)CCc1cc(Br)cs1)C(C)C. The summed E-state index contributed by atoms with van der Waals surface area (Å²) >= 11 is 5.35. The number of nitrogens with zero attached hydrogens (tertiary/aromatic N) is 1. The second kappa shape index (κ2) is 8.31. The Morgan fingerprint density at radius 2 is 2.17 bits per heavy atom. The van der Waals surface area contributed by atoms with Crippen molar-refractivity contribution in [3.63, 3.8) is 0 Å². The van der Waals surface area contributed by atoms with Gasteiger partial charge in [0.2, 0.25) is 0 Å². The lowest BCUT2D eigenvalue weighted by Gasteiger charge is -2.26. The molecule has 1 unspecified atom stereocenters. The van der Waals surface area contributed by atoms with Gasteiger partial charge < -0.3 is 10.2 Å². The molecule has 1 N–H and O–H groups in total. The summed E-state index contributed by atoms with van der Waals surface area (Å²) in [6, 6.07) is 2.23. The van der Waals surface area contributed by atoms with E-state index in [4.69, 9.17) is 0 Å². The molecule has 1 atom stereocenters. The lowest BCUT2D eigenvalue weighted by Crippen LogP contribution is -2.35. The van der Waals surface area contributed by atoms with Crippen LogP contribution in [0.3, 0.4) is 0 Å². The summed E-state index contributed by atoms with van der Waals surface area (Å²) in [6.07, 6.45) is 1.15. The Bertz CT molecular complexity index is 338. The van der Waals surface area contributed by atoms with E-state index in [1.54, 1.807) is 0 Å². The minimum absolute atomic E-state index is 0.732. The first-order valence-electron chi connectivity index (χ1n) is 6.59. The lowest BCUT2D eigenvalue weighted by atomic mass is 9.95. The summed E-state index contributed by atoms with van der Waals surface area (Å²) in [4.78, 5) is 3.92. The van der Waals surface area contributed by atoms with Crippen LogP contribution in [0.4, 0.5) is 0 Å². The van der Waals surface area contributed by atoms with E-state index in [0.717, 1.165) is 31.3 Å². The molecule has 0 fully saturated rings. The molecule has 0 amide bonds. The number of halogens is 1. The predicted octanol–water partition coefficient (Wildman–Crippen LogP) is 3.48. The highest BCUT2D eigenvalue weighted by molar-refractivity contribution is 9.10. The van der Waals surface area contributed by atoms with Crippen molar-refractivity contribution >= 4 is 27.3 Å². The quantitative estimate of drug-likeness (QED) is 0.784. The van der Waals surface area contributed by atoms with Gasteiger partial charge in [0, 0.05) is 27.8 Å². The van der Waals surface area contributed by atoms with E-state index in [0.29, 0.717) is 0 Å². The molecule has 0 bridgehead atoms. The van der Waals surface area contributed by atoms with Crippen LogP contribution < -0.4 is 5.32 Å². The minimum atomic E-state index is 0.732. The molecule has 0 aliphatic carbocycles. The van der Waals surface area contributed by atoms with Crippen LogP contribution >= 0.6 is 27.3 Å². The van der Waals surface area contributed by atoms with Gasteiger partial charge in [0.25, 0.3) is 0 Å². The molecule has 0 saturated heterocycles. The highest BCUT2D eigenvalue weighted by Crippen LogP contribution is 2.20. The molecule has 1 heterocycles. The van der Waals surface area contributed by atoms with E-state index in [-0.39, 0.29) is 0 Å². The van der Waals surface area contributed by atoms with Crippen LogP contribution in [-0.4, -0.2) is 38.6 Å². The second-order valence-electron chi connectivity index (χ2n) is 5.31. The van der Waals surface area contributed by atoms with Gasteiger partial charge >= 0.3 is 0 Å². The molecule has 0 aliphatic rings. The Kier molecular flexibility index (Phi) is 7.46. The van der Waals surface area contributed by atoms with Gasteiger partial charge in [-0.3, -0.25) is 0 Å². The fourth-order valence-electron chi connectivity index (χ4n) is 2.05. The Morgan fingerprint density at radius 3 is 2.67 bits per heavy atom. The van der Waals surface area contributed by atoms with Crippen molar-refractivity contribution in [3.05, 3.63) is 20.8 Å². The van der Waals surface area contributed by atoms with Crippen molar-refractivity contribution in [1.82, 2.24) is 10.2 Å². The largest absolute Gasteiger partial charge is 0.319 e. The van der Waals surface area contributed by atoms with Crippen molar-refractivity contribution in [2.75, 3.05) is 33.7 Å². The smallest absolute Gasteiger partial charge is 0.0285 e. The van der Waals surface area contributed by atoms with Crippen molar-refractivity contribution in [2.24, 2.45) is 11.8 Å². The Hall–Kier alpha value is 0.1000. The van der Waals surface area contributed by atoms with Crippen LogP contribution in [0.25, 0.3) is 0 Å². The lowest BCUT2D eigenvalue weighted by molar-refractivity contribution is 0.235. The number of nitrogens with one attached hydrogen (secondary N) is 1. The van der Waals surface area contributed by atoms with Gasteiger partial charge in [-0.2, -0.15) is 0 Å². The molecule has 0 radical (unpaired) electrons. The molecule has 0 spiro atoms. The van der Waals surface area contributed by atoms with Gasteiger partial charge in [-0.15, -0.1) is 11.3 Å². The third-order valence-corrected chi connectivity index (χ3v) is 5.07. The van der Waals surface area contributed by atoms with Gasteiger partial charge in [-0.25, -0.2) is 0 Å². The number of rotatable bonds is 8. The summed E-state index contributed by atoms with van der Waals surface area (Å²) < 4.78 is 1.21. The average molecular weight is 333 g/mol.